The molecule has 2 rings (SSSR count). The van der Waals surface area contributed by atoms with Crippen LogP contribution in [0.3, 0.4) is 0 Å². The number of carbonyl (C=O) groups is 1. The van der Waals surface area contributed by atoms with Gasteiger partial charge in [-0.15, -0.1) is 0 Å². The molecule has 1 N–H and O–H groups in total. The van der Waals surface area contributed by atoms with Crippen LogP contribution in [0.5, 0.6) is 0 Å². The second-order valence-electron chi connectivity index (χ2n) is 5.28. The molecular weight excluding hydrogens is 262 g/mol. The van der Waals surface area contributed by atoms with Gasteiger partial charge in [-0.25, -0.2) is 4.98 Å². The molecule has 5 heteroatoms. The number of likely N-dealkylation sites (N-methyl/N-ethyl adjacent to an activating group) is 1. The highest BCUT2D eigenvalue weighted by Gasteiger charge is 2.29. The first-order valence-corrected chi connectivity index (χ1v) is 6.99. The molecule has 1 amide bonds. The van der Waals surface area contributed by atoms with E-state index in [9.17, 15) is 4.79 Å². The highest BCUT2D eigenvalue weighted by atomic mass is 35.5. The van der Waals surface area contributed by atoms with E-state index in [1.165, 1.54) is 12.8 Å². The number of carbonyl (C=O) groups excluding carboxylic acids is 1. The maximum absolute atomic E-state index is 12.0. The van der Waals surface area contributed by atoms with Crippen LogP contribution in [0.2, 0.25) is 5.15 Å². The second-order valence-corrected chi connectivity index (χ2v) is 5.66. The molecule has 1 aromatic rings. The van der Waals surface area contributed by atoms with Crippen molar-refractivity contribution >= 4 is 17.5 Å². The molecule has 0 spiro atoms. The Morgan fingerprint density at radius 1 is 1.58 bits per heavy atom. The Morgan fingerprint density at radius 2 is 2.26 bits per heavy atom. The minimum absolute atomic E-state index is 0.0940. The minimum Gasteiger partial charge on any atom is -0.350 e. The fourth-order valence-electron chi connectivity index (χ4n) is 2.09. The van der Waals surface area contributed by atoms with Crippen molar-refractivity contribution in [3.05, 3.63) is 28.5 Å². The van der Waals surface area contributed by atoms with Crippen LogP contribution in [0.15, 0.2) is 12.1 Å². The molecule has 0 saturated heterocycles. The zero-order valence-corrected chi connectivity index (χ0v) is 12.4. The fraction of sp³-hybridized carbons (Fsp3) is 0.571. The van der Waals surface area contributed by atoms with E-state index in [1.807, 2.05) is 6.92 Å². The van der Waals surface area contributed by atoms with Gasteiger partial charge in [-0.3, -0.25) is 9.69 Å². The first kappa shape index (κ1) is 14.3. The largest absolute Gasteiger partial charge is 0.350 e. The van der Waals surface area contributed by atoms with Crippen molar-refractivity contribution in [1.29, 1.82) is 0 Å². The Hall–Kier alpha value is -1.13. The summed E-state index contributed by atoms with van der Waals surface area (Å²) in [6, 6.07) is 4.38. The van der Waals surface area contributed by atoms with Crippen LogP contribution in [0.1, 0.15) is 35.8 Å². The smallest absolute Gasteiger partial charge is 0.251 e. The van der Waals surface area contributed by atoms with Gasteiger partial charge < -0.3 is 5.32 Å². The van der Waals surface area contributed by atoms with E-state index in [4.69, 9.17) is 11.6 Å². The van der Waals surface area contributed by atoms with Crippen molar-refractivity contribution in [2.45, 2.75) is 38.8 Å². The number of pyridine rings is 1. The number of aromatic nitrogens is 1. The summed E-state index contributed by atoms with van der Waals surface area (Å²) >= 11 is 5.86. The maximum atomic E-state index is 12.0. The number of nitrogens with one attached hydrogen (secondary N) is 1. The summed E-state index contributed by atoms with van der Waals surface area (Å²) in [5.74, 6) is -0.0940. The third-order valence-corrected chi connectivity index (χ3v) is 3.75. The first-order valence-electron chi connectivity index (χ1n) is 6.61. The van der Waals surface area contributed by atoms with E-state index in [-0.39, 0.29) is 5.91 Å². The summed E-state index contributed by atoms with van der Waals surface area (Å²) in [5, 5.41) is 3.30. The lowest BCUT2D eigenvalue weighted by atomic mass is 10.2. The van der Waals surface area contributed by atoms with Gasteiger partial charge in [0, 0.05) is 29.9 Å². The maximum Gasteiger partial charge on any atom is 0.251 e. The number of hydrogen-bond donors (Lipinski definition) is 1. The van der Waals surface area contributed by atoms with Crippen molar-refractivity contribution < 1.29 is 4.79 Å². The Kier molecular flexibility index (Phi) is 4.42. The van der Waals surface area contributed by atoms with Crippen LogP contribution in [0.4, 0.5) is 0 Å². The lowest BCUT2D eigenvalue weighted by Gasteiger charge is -2.24. The van der Waals surface area contributed by atoms with E-state index in [1.54, 1.807) is 12.1 Å². The average Bonchev–Trinajstić information content (AvgIpc) is 3.17. The second kappa shape index (κ2) is 5.88. The van der Waals surface area contributed by atoms with Gasteiger partial charge in [-0.1, -0.05) is 11.6 Å². The number of nitrogens with zero attached hydrogens (tertiary/aromatic N) is 2. The van der Waals surface area contributed by atoms with E-state index in [0.717, 1.165) is 5.69 Å². The molecule has 1 unspecified atom stereocenters. The van der Waals surface area contributed by atoms with E-state index < -0.39 is 0 Å². The van der Waals surface area contributed by atoms with Crippen LogP contribution in [0.25, 0.3) is 0 Å². The molecule has 1 aromatic heterocycles. The summed E-state index contributed by atoms with van der Waals surface area (Å²) < 4.78 is 0. The van der Waals surface area contributed by atoms with Crippen LogP contribution in [-0.2, 0) is 0 Å². The van der Waals surface area contributed by atoms with Crippen molar-refractivity contribution in [2.24, 2.45) is 0 Å². The lowest BCUT2D eigenvalue weighted by Crippen LogP contribution is -2.41. The van der Waals surface area contributed by atoms with Crippen LogP contribution in [0, 0.1) is 6.92 Å². The fourth-order valence-corrected chi connectivity index (χ4v) is 2.34. The monoisotopic (exact) mass is 281 g/mol. The minimum atomic E-state index is -0.0940. The van der Waals surface area contributed by atoms with Gasteiger partial charge in [0.2, 0.25) is 0 Å². The van der Waals surface area contributed by atoms with Gasteiger partial charge in [-0.05, 0) is 45.9 Å². The Labute approximate surface area is 119 Å². The lowest BCUT2D eigenvalue weighted by molar-refractivity contribution is 0.0939. The highest BCUT2D eigenvalue weighted by Crippen LogP contribution is 2.26. The third-order valence-electron chi connectivity index (χ3n) is 3.56. The number of hydrogen-bond acceptors (Lipinski definition) is 3. The Balaban J connectivity index is 1.89. The number of halogens is 1. The van der Waals surface area contributed by atoms with Gasteiger partial charge in [0.25, 0.3) is 5.91 Å². The van der Waals surface area contributed by atoms with E-state index >= 15 is 0 Å². The van der Waals surface area contributed by atoms with Crippen molar-refractivity contribution in [3.8, 4) is 0 Å². The third kappa shape index (κ3) is 3.91. The number of rotatable bonds is 5. The van der Waals surface area contributed by atoms with Crippen molar-refractivity contribution in [1.82, 2.24) is 15.2 Å². The Bertz CT molecular complexity index is 454. The molecule has 0 aromatic carbocycles. The quantitative estimate of drug-likeness (QED) is 0.842. The molecule has 1 heterocycles. The molecule has 1 atom stereocenters. The molecule has 19 heavy (non-hydrogen) atoms. The summed E-state index contributed by atoms with van der Waals surface area (Å²) in [6.07, 6.45) is 2.54. The summed E-state index contributed by atoms with van der Waals surface area (Å²) in [5.41, 5.74) is 1.32. The predicted molar refractivity (Wildman–Crippen MR) is 76.6 cm³/mol. The molecule has 0 bridgehead atoms. The van der Waals surface area contributed by atoms with Crippen LogP contribution < -0.4 is 5.32 Å². The average molecular weight is 282 g/mol. The van der Waals surface area contributed by atoms with Crippen LogP contribution >= 0.6 is 11.6 Å². The van der Waals surface area contributed by atoms with E-state index in [2.05, 4.69) is 29.2 Å². The molecule has 1 fully saturated rings. The van der Waals surface area contributed by atoms with Gasteiger partial charge in [0.05, 0.1) is 0 Å². The van der Waals surface area contributed by atoms with Crippen molar-refractivity contribution in [2.75, 3.05) is 13.6 Å². The highest BCUT2D eigenvalue weighted by molar-refractivity contribution is 6.29. The zero-order chi connectivity index (χ0) is 14.0. The summed E-state index contributed by atoms with van der Waals surface area (Å²) in [6.45, 7) is 4.60. The Morgan fingerprint density at radius 3 is 2.84 bits per heavy atom. The normalized spacial score (nSPS) is 16.5. The van der Waals surface area contributed by atoms with Crippen LogP contribution in [-0.4, -0.2) is 41.5 Å². The molecule has 1 aliphatic carbocycles. The van der Waals surface area contributed by atoms with Gasteiger partial charge in [0.1, 0.15) is 5.15 Å². The van der Waals surface area contributed by atoms with E-state index in [0.29, 0.717) is 29.3 Å². The SMILES string of the molecule is Cc1cc(C(=O)NCC(C)N(C)C2CC2)cc(Cl)n1. The molecule has 4 nitrogen and oxygen atoms in total. The summed E-state index contributed by atoms with van der Waals surface area (Å²) in [4.78, 5) is 18.4. The number of amides is 1. The van der Waals surface area contributed by atoms with Gasteiger partial charge in [-0.2, -0.15) is 0 Å². The molecule has 1 aliphatic rings. The predicted octanol–water partition coefficient (Wildman–Crippen LogP) is 2.26. The molecule has 0 aliphatic heterocycles. The zero-order valence-electron chi connectivity index (χ0n) is 11.6. The van der Waals surface area contributed by atoms with Gasteiger partial charge in [0.15, 0.2) is 0 Å². The summed E-state index contributed by atoms with van der Waals surface area (Å²) in [7, 11) is 2.11. The topological polar surface area (TPSA) is 45.2 Å². The first-order chi connectivity index (χ1) is 8.97. The molecule has 1 saturated carbocycles. The molecule has 0 radical (unpaired) electrons. The van der Waals surface area contributed by atoms with Crippen molar-refractivity contribution in [3.63, 3.8) is 0 Å². The molecule has 104 valence electrons. The van der Waals surface area contributed by atoms with Gasteiger partial charge >= 0.3 is 0 Å². The number of aryl methyl sites for hydroxylation is 1. The molecular formula is C14H20ClN3O. The standard InChI is InChI=1S/C14H20ClN3O/c1-9-6-11(7-13(15)17-9)14(19)16-8-10(2)18(3)12-4-5-12/h6-7,10,12H,4-5,8H2,1-3H3,(H,16,19).